The maximum absolute atomic E-state index is 13.8. The van der Waals surface area contributed by atoms with Gasteiger partial charge < -0.3 is 10.2 Å². The Hall–Kier alpha value is -2.90. The first-order chi connectivity index (χ1) is 13.4. The van der Waals surface area contributed by atoms with E-state index >= 15 is 0 Å². The zero-order valence-electron chi connectivity index (χ0n) is 16.0. The van der Waals surface area contributed by atoms with E-state index in [4.69, 9.17) is 4.74 Å². The van der Waals surface area contributed by atoms with Crippen molar-refractivity contribution in [3.05, 3.63) is 77.1 Å². The van der Waals surface area contributed by atoms with E-state index in [1.807, 2.05) is 0 Å². The van der Waals surface area contributed by atoms with Crippen LogP contribution in [0.3, 0.4) is 0 Å². The van der Waals surface area contributed by atoms with Crippen LogP contribution < -0.4 is 0 Å². The second kappa shape index (κ2) is 9.54. The van der Waals surface area contributed by atoms with Crippen LogP contribution in [0.25, 0.3) is 10.8 Å². The zero-order valence-corrected chi connectivity index (χ0v) is 16.8. The first kappa shape index (κ1) is 22.4. The number of carbonyl (C=O) groups is 2. The molecule has 0 aliphatic carbocycles. The van der Waals surface area contributed by atoms with E-state index in [1.165, 1.54) is 12.1 Å². The molecule has 1 unspecified atom stereocenters. The third-order valence-corrected chi connectivity index (χ3v) is 5.26. The molecule has 0 bridgehead atoms. The molecule has 0 spiro atoms. The van der Waals surface area contributed by atoms with Crippen LogP contribution >= 0.6 is 0 Å². The average molecular weight is 416 g/mol. The van der Waals surface area contributed by atoms with Gasteiger partial charge in [-0.05, 0) is 65.7 Å². The lowest BCUT2D eigenvalue weighted by atomic mass is 9.94. The van der Waals surface area contributed by atoms with E-state index in [0.29, 0.717) is 32.4 Å². The van der Waals surface area contributed by atoms with Crippen LogP contribution in [-0.2, 0) is 26.8 Å². The number of ketones is 1. The van der Waals surface area contributed by atoms with E-state index in [1.54, 1.807) is 55.6 Å². The predicted molar refractivity (Wildman–Crippen MR) is 110 cm³/mol. The molecular weight excluding hydrogens is 395 g/mol. The lowest BCUT2D eigenvalue weighted by molar-refractivity contribution is -0.142. The van der Waals surface area contributed by atoms with Crippen molar-refractivity contribution in [1.29, 1.82) is 0 Å². The number of fused-ring (bicyclic) bond motifs is 1. The van der Waals surface area contributed by atoms with Gasteiger partial charge in [0.15, 0.2) is 5.78 Å². The molecule has 0 saturated carbocycles. The van der Waals surface area contributed by atoms with Crippen LogP contribution in [0.1, 0.15) is 28.4 Å². The molecule has 0 radical (unpaired) electrons. The fraction of sp³-hybridized carbons (Fsp3) is 0.182. The van der Waals surface area contributed by atoms with Gasteiger partial charge in [0, 0.05) is 33.1 Å². The molecule has 5 nitrogen and oxygen atoms in total. The van der Waals surface area contributed by atoms with Crippen LogP contribution in [0, 0.1) is 5.82 Å². The summed E-state index contributed by atoms with van der Waals surface area (Å²) in [5.74, 6) is -1.14. The highest BCUT2D eigenvalue weighted by Gasteiger charge is 2.16. The summed E-state index contributed by atoms with van der Waals surface area (Å²) < 4.78 is 30.4. The van der Waals surface area contributed by atoms with Crippen molar-refractivity contribution in [2.75, 3.05) is 12.9 Å². The number of hydrogen-bond acceptors (Lipinski definition) is 4. The molecule has 7 heteroatoms. The standard InChI is InChI=1S/C22H19FO4S.H2O/c1-3-27-21(24)12-14-10-16-4-7-17(23)13-19(16)20(11-14)22(25)15-5-8-18(9-6-15)28(2)26;/h4-11,13H,3,12H2,1-2H3;1H2. The van der Waals surface area contributed by atoms with Crippen LogP contribution in [-0.4, -0.2) is 34.3 Å². The highest BCUT2D eigenvalue weighted by Crippen LogP contribution is 2.26. The molecule has 2 N–H and O–H groups in total. The quantitative estimate of drug-likeness (QED) is 0.456. The van der Waals surface area contributed by atoms with Gasteiger partial charge in [0.2, 0.25) is 0 Å². The molecule has 0 fully saturated rings. The number of benzene rings is 3. The van der Waals surface area contributed by atoms with Gasteiger partial charge in [-0.15, -0.1) is 0 Å². The summed E-state index contributed by atoms with van der Waals surface area (Å²) in [7, 11) is -1.15. The van der Waals surface area contributed by atoms with Crippen LogP contribution in [0.5, 0.6) is 0 Å². The van der Waals surface area contributed by atoms with Gasteiger partial charge in [0.1, 0.15) is 5.82 Å². The van der Waals surface area contributed by atoms with Crippen molar-refractivity contribution in [1.82, 2.24) is 0 Å². The Labute approximate surface area is 170 Å². The van der Waals surface area contributed by atoms with Gasteiger partial charge in [-0.3, -0.25) is 13.8 Å². The Kier molecular flexibility index (Phi) is 7.36. The zero-order chi connectivity index (χ0) is 20.3. The van der Waals surface area contributed by atoms with Gasteiger partial charge in [-0.1, -0.05) is 12.1 Å². The van der Waals surface area contributed by atoms with Crippen molar-refractivity contribution < 1.29 is 28.4 Å². The molecule has 0 aliphatic heterocycles. The van der Waals surface area contributed by atoms with Gasteiger partial charge in [-0.2, -0.15) is 0 Å². The number of ether oxygens (including phenoxy) is 1. The average Bonchev–Trinajstić information content (AvgIpc) is 2.67. The number of esters is 1. The smallest absolute Gasteiger partial charge is 0.310 e. The molecule has 3 aromatic carbocycles. The second-order valence-corrected chi connectivity index (χ2v) is 7.68. The lowest BCUT2D eigenvalue weighted by Crippen LogP contribution is -2.09. The molecule has 1 atom stereocenters. The molecule has 0 aliphatic rings. The molecule has 3 rings (SSSR count). The number of rotatable bonds is 6. The Morgan fingerprint density at radius 1 is 1.03 bits per heavy atom. The van der Waals surface area contributed by atoms with E-state index in [-0.39, 0.29) is 24.3 Å². The minimum Gasteiger partial charge on any atom is -0.466 e. The normalized spacial score (nSPS) is 11.6. The minimum atomic E-state index is -1.15. The maximum Gasteiger partial charge on any atom is 0.310 e. The van der Waals surface area contributed by atoms with E-state index in [0.717, 1.165) is 0 Å². The molecule has 152 valence electrons. The number of carbonyl (C=O) groups excluding carboxylic acids is 2. The maximum atomic E-state index is 13.8. The summed E-state index contributed by atoms with van der Waals surface area (Å²) in [6.45, 7) is 2.00. The Balaban J connectivity index is 0.00000300. The van der Waals surface area contributed by atoms with Crippen LogP contribution in [0.4, 0.5) is 4.39 Å². The molecule has 3 aromatic rings. The Morgan fingerprint density at radius 3 is 2.34 bits per heavy atom. The lowest BCUT2D eigenvalue weighted by Gasteiger charge is -2.11. The first-order valence-corrected chi connectivity index (χ1v) is 10.3. The third-order valence-electron chi connectivity index (χ3n) is 4.32. The van der Waals surface area contributed by atoms with Crippen molar-refractivity contribution in [2.24, 2.45) is 0 Å². The second-order valence-electron chi connectivity index (χ2n) is 6.30. The molecular formula is C22H21FO5S. The molecule has 29 heavy (non-hydrogen) atoms. The summed E-state index contributed by atoms with van der Waals surface area (Å²) in [4.78, 5) is 25.6. The first-order valence-electron chi connectivity index (χ1n) is 8.75. The summed E-state index contributed by atoms with van der Waals surface area (Å²) in [5.41, 5.74) is 1.32. The predicted octanol–water partition coefficient (Wildman–Crippen LogP) is 3.23. The van der Waals surface area contributed by atoms with Crippen LogP contribution in [0.15, 0.2) is 59.5 Å². The van der Waals surface area contributed by atoms with Gasteiger partial charge in [-0.25, -0.2) is 4.39 Å². The largest absolute Gasteiger partial charge is 0.466 e. The van der Waals surface area contributed by atoms with E-state index in [2.05, 4.69) is 0 Å². The van der Waals surface area contributed by atoms with Gasteiger partial charge in [0.05, 0.1) is 13.0 Å². The minimum absolute atomic E-state index is 0. The fourth-order valence-electron chi connectivity index (χ4n) is 3.01. The van der Waals surface area contributed by atoms with E-state index in [9.17, 15) is 18.2 Å². The number of halogens is 1. The summed E-state index contributed by atoms with van der Waals surface area (Å²) >= 11 is 0. The SMILES string of the molecule is CCOC(=O)Cc1cc(C(=O)c2ccc(S(C)=O)cc2)c2cc(F)ccc2c1.O. The van der Waals surface area contributed by atoms with Crippen molar-refractivity contribution in [3.8, 4) is 0 Å². The molecule has 0 saturated heterocycles. The van der Waals surface area contributed by atoms with Crippen molar-refractivity contribution in [2.45, 2.75) is 18.2 Å². The Bertz CT molecular complexity index is 1080. The molecule has 0 amide bonds. The monoisotopic (exact) mass is 416 g/mol. The summed E-state index contributed by atoms with van der Waals surface area (Å²) in [6, 6.07) is 14.0. The van der Waals surface area contributed by atoms with E-state index < -0.39 is 22.6 Å². The van der Waals surface area contributed by atoms with Crippen LogP contribution in [0.2, 0.25) is 0 Å². The molecule has 0 aromatic heterocycles. The van der Waals surface area contributed by atoms with Gasteiger partial charge in [0.25, 0.3) is 0 Å². The summed E-state index contributed by atoms with van der Waals surface area (Å²) in [5, 5.41) is 1.14. The third kappa shape index (κ3) is 5.13. The van der Waals surface area contributed by atoms with Gasteiger partial charge >= 0.3 is 5.97 Å². The number of hydrogen-bond donors (Lipinski definition) is 0. The molecule has 0 heterocycles. The Morgan fingerprint density at radius 2 is 1.72 bits per heavy atom. The fourth-order valence-corrected chi connectivity index (χ4v) is 3.53. The highest BCUT2D eigenvalue weighted by atomic mass is 32.2. The summed E-state index contributed by atoms with van der Waals surface area (Å²) in [6.07, 6.45) is 1.58. The topological polar surface area (TPSA) is 91.9 Å². The van der Waals surface area contributed by atoms with Crippen molar-refractivity contribution in [3.63, 3.8) is 0 Å². The van der Waals surface area contributed by atoms with Crippen molar-refractivity contribution >= 4 is 33.3 Å². The highest BCUT2D eigenvalue weighted by molar-refractivity contribution is 7.84.